The van der Waals surface area contributed by atoms with Crippen LogP contribution < -0.4 is 0 Å². The summed E-state index contributed by atoms with van der Waals surface area (Å²) in [7, 11) is 1.72. The Morgan fingerprint density at radius 1 is 1.46 bits per heavy atom. The summed E-state index contributed by atoms with van der Waals surface area (Å²) < 4.78 is 5.09. The molecular formula is C12H16O. The molecule has 0 heterocycles. The smallest absolute Gasteiger partial charge is 0.0862 e. The molecule has 70 valence electrons. The third kappa shape index (κ3) is 1.69. The predicted molar refractivity (Wildman–Crippen MR) is 54.3 cm³/mol. The fourth-order valence-electron chi connectivity index (χ4n) is 2.27. The van der Waals surface area contributed by atoms with Gasteiger partial charge in [-0.25, -0.2) is 0 Å². The highest BCUT2D eigenvalue weighted by molar-refractivity contribution is 5.37. The largest absolute Gasteiger partial charge is 0.504 e. The average molecular weight is 176 g/mol. The standard InChI is InChI=1S/C12H16O/c1-13-9-11-7-4-6-10-5-2-3-8-12(10)11/h4,6-7,9,12H,2-3,5,8H2,1H3/b11-9-. The molecule has 0 radical (unpaired) electrons. The molecule has 1 nitrogen and oxygen atoms in total. The number of hydrogen-bond acceptors (Lipinski definition) is 1. The van der Waals surface area contributed by atoms with Crippen LogP contribution in [-0.4, -0.2) is 7.11 Å². The summed E-state index contributed by atoms with van der Waals surface area (Å²) in [6.07, 6.45) is 13.8. The van der Waals surface area contributed by atoms with Crippen molar-refractivity contribution in [2.24, 2.45) is 5.92 Å². The van der Waals surface area contributed by atoms with Gasteiger partial charge < -0.3 is 4.74 Å². The highest BCUT2D eigenvalue weighted by Gasteiger charge is 2.22. The Morgan fingerprint density at radius 2 is 2.38 bits per heavy atom. The van der Waals surface area contributed by atoms with Gasteiger partial charge in [0, 0.05) is 5.92 Å². The van der Waals surface area contributed by atoms with Gasteiger partial charge >= 0.3 is 0 Å². The third-order valence-corrected chi connectivity index (χ3v) is 2.91. The molecule has 0 N–H and O–H groups in total. The van der Waals surface area contributed by atoms with E-state index in [1.807, 2.05) is 6.26 Å². The van der Waals surface area contributed by atoms with Crippen molar-refractivity contribution >= 4 is 0 Å². The maximum atomic E-state index is 5.09. The molecule has 1 heteroatoms. The van der Waals surface area contributed by atoms with Gasteiger partial charge in [0.15, 0.2) is 0 Å². The van der Waals surface area contributed by atoms with Gasteiger partial charge in [-0.05, 0) is 24.8 Å². The fraction of sp³-hybridized carbons (Fsp3) is 0.500. The Kier molecular flexibility index (Phi) is 2.53. The van der Waals surface area contributed by atoms with Crippen molar-refractivity contribution in [3.05, 3.63) is 35.6 Å². The number of fused-ring (bicyclic) bond motifs is 1. The van der Waals surface area contributed by atoms with Crippen molar-refractivity contribution in [1.82, 2.24) is 0 Å². The summed E-state index contributed by atoms with van der Waals surface area (Å²) in [5.41, 5.74) is 2.94. The first kappa shape index (κ1) is 8.61. The zero-order chi connectivity index (χ0) is 9.10. The van der Waals surface area contributed by atoms with Gasteiger partial charge in [-0.15, -0.1) is 0 Å². The van der Waals surface area contributed by atoms with Crippen LogP contribution in [0, 0.1) is 5.92 Å². The van der Waals surface area contributed by atoms with E-state index in [2.05, 4.69) is 18.2 Å². The first-order valence-corrected chi connectivity index (χ1v) is 5.02. The maximum Gasteiger partial charge on any atom is 0.0862 e. The van der Waals surface area contributed by atoms with Crippen LogP contribution >= 0.6 is 0 Å². The first-order chi connectivity index (χ1) is 6.42. The third-order valence-electron chi connectivity index (χ3n) is 2.91. The molecule has 2 aliphatic carbocycles. The second-order valence-electron chi connectivity index (χ2n) is 3.75. The van der Waals surface area contributed by atoms with Gasteiger partial charge in [-0.1, -0.05) is 30.2 Å². The second-order valence-corrected chi connectivity index (χ2v) is 3.75. The Morgan fingerprint density at radius 3 is 3.23 bits per heavy atom. The summed E-state index contributed by atoms with van der Waals surface area (Å²) in [6, 6.07) is 0. The molecule has 1 saturated carbocycles. The van der Waals surface area contributed by atoms with E-state index in [0.29, 0.717) is 5.92 Å². The van der Waals surface area contributed by atoms with Crippen LogP contribution in [-0.2, 0) is 4.74 Å². The van der Waals surface area contributed by atoms with Crippen molar-refractivity contribution in [2.75, 3.05) is 7.11 Å². The van der Waals surface area contributed by atoms with Crippen molar-refractivity contribution in [3.8, 4) is 0 Å². The number of allylic oxidation sites excluding steroid dienone is 5. The first-order valence-electron chi connectivity index (χ1n) is 5.02. The molecule has 0 saturated heterocycles. The summed E-state index contributed by atoms with van der Waals surface area (Å²) in [5, 5.41) is 0. The lowest BCUT2D eigenvalue weighted by Gasteiger charge is -2.28. The summed E-state index contributed by atoms with van der Waals surface area (Å²) >= 11 is 0. The molecular weight excluding hydrogens is 160 g/mol. The van der Waals surface area contributed by atoms with E-state index in [1.165, 1.54) is 31.3 Å². The summed E-state index contributed by atoms with van der Waals surface area (Å²) in [6.45, 7) is 0. The molecule has 13 heavy (non-hydrogen) atoms. The van der Waals surface area contributed by atoms with E-state index in [-0.39, 0.29) is 0 Å². The topological polar surface area (TPSA) is 9.23 Å². The molecule has 1 atom stereocenters. The minimum atomic E-state index is 0.652. The van der Waals surface area contributed by atoms with Crippen molar-refractivity contribution in [3.63, 3.8) is 0 Å². The zero-order valence-electron chi connectivity index (χ0n) is 8.12. The van der Waals surface area contributed by atoms with Gasteiger partial charge in [-0.3, -0.25) is 0 Å². The Labute approximate surface area is 79.8 Å². The molecule has 0 spiro atoms. The van der Waals surface area contributed by atoms with Crippen molar-refractivity contribution in [1.29, 1.82) is 0 Å². The number of rotatable bonds is 1. The minimum Gasteiger partial charge on any atom is -0.504 e. The van der Waals surface area contributed by atoms with Gasteiger partial charge in [0.05, 0.1) is 13.4 Å². The molecule has 2 aliphatic rings. The van der Waals surface area contributed by atoms with E-state index < -0.39 is 0 Å². The van der Waals surface area contributed by atoms with E-state index in [4.69, 9.17) is 4.74 Å². The summed E-state index contributed by atoms with van der Waals surface area (Å²) in [4.78, 5) is 0. The van der Waals surface area contributed by atoms with Crippen molar-refractivity contribution in [2.45, 2.75) is 25.7 Å². The average Bonchev–Trinajstić information content (AvgIpc) is 2.19. The number of ether oxygens (including phenoxy) is 1. The van der Waals surface area contributed by atoms with Crippen LogP contribution in [0.1, 0.15) is 25.7 Å². The zero-order valence-corrected chi connectivity index (χ0v) is 8.12. The van der Waals surface area contributed by atoms with Gasteiger partial charge in [0.25, 0.3) is 0 Å². The van der Waals surface area contributed by atoms with Crippen LogP contribution in [0.15, 0.2) is 35.6 Å². The van der Waals surface area contributed by atoms with E-state index in [9.17, 15) is 0 Å². The highest BCUT2D eigenvalue weighted by atomic mass is 16.5. The van der Waals surface area contributed by atoms with Crippen molar-refractivity contribution < 1.29 is 4.74 Å². The van der Waals surface area contributed by atoms with Crippen LogP contribution in [0.3, 0.4) is 0 Å². The molecule has 0 amide bonds. The molecule has 0 aliphatic heterocycles. The molecule has 0 aromatic rings. The molecule has 1 fully saturated rings. The van der Waals surface area contributed by atoms with E-state index in [0.717, 1.165) is 0 Å². The predicted octanol–water partition coefficient (Wildman–Crippen LogP) is 3.20. The summed E-state index contributed by atoms with van der Waals surface area (Å²) in [5.74, 6) is 0.652. The molecule has 0 aromatic carbocycles. The van der Waals surface area contributed by atoms with Gasteiger partial charge in [-0.2, -0.15) is 0 Å². The lowest BCUT2D eigenvalue weighted by molar-refractivity contribution is 0.328. The molecule has 2 rings (SSSR count). The monoisotopic (exact) mass is 176 g/mol. The highest BCUT2D eigenvalue weighted by Crippen LogP contribution is 2.37. The fourth-order valence-corrected chi connectivity index (χ4v) is 2.27. The van der Waals surface area contributed by atoms with E-state index in [1.54, 1.807) is 12.7 Å². The maximum absolute atomic E-state index is 5.09. The lowest BCUT2D eigenvalue weighted by atomic mass is 9.77. The molecule has 0 aromatic heterocycles. The van der Waals surface area contributed by atoms with Gasteiger partial charge in [0.2, 0.25) is 0 Å². The Balaban J connectivity index is 2.21. The van der Waals surface area contributed by atoms with Crippen LogP contribution in [0.4, 0.5) is 0 Å². The Hall–Kier alpha value is -0.980. The van der Waals surface area contributed by atoms with Crippen LogP contribution in [0.2, 0.25) is 0 Å². The van der Waals surface area contributed by atoms with Crippen LogP contribution in [0.25, 0.3) is 0 Å². The SMILES string of the molecule is CO/C=C1/C=CC=C2CCCCC21. The second kappa shape index (κ2) is 3.82. The minimum absolute atomic E-state index is 0.652. The quantitative estimate of drug-likeness (QED) is 0.557. The van der Waals surface area contributed by atoms with Crippen LogP contribution in [0.5, 0.6) is 0 Å². The molecule has 1 unspecified atom stereocenters. The molecule has 0 bridgehead atoms. The Bertz CT molecular complexity index is 271. The van der Waals surface area contributed by atoms with Gasteiger partial charge in [0.1, 0.15) is 0 Å². The number of hydrogen-bond donors (Lipinski definition) is 0. The lowest BCUT2D eigenvalue weighted by Crippen LogP contribution is -2.13. The normalized spacial score (nSPS) is 29.8. The van der Waals surface area contributed by atoms with E-state index >= 15 is 0 Å². The number of methoxy groups -OCH3 is 1.